The van der Waals surface area contributed by atoms with E-state index >= 15 is 0 Å². The molecule has 0 saturated carbocycles. The summed E-state index contributed by atoms with van der Waals surface area (Å²) >= 11 is 5.76. The van der Waals surface area contributed by atoms with Crippen LogP contribution in [-0.4, -0.2) is 36.1 Å². The van der Waals surface area contributed by atoms with Crippen molar-refractivity contribution in [1.82, 2.24) is 10.2 Å². The van der Waals surface area contributed by atoms with Gasteiger partial charge < -0.3 is 14.4 Å². The molecular formula is C15H16ClF3N2O3. The maximum absolute atomic E-state index is 13.6. The molecule has 2 amide bonds. The second-order valence-electron chi connectivity index (χ2n) is 5.74. The van der Waals surface area contributed by atoms with Gasteiger partial charge >= 0.3 is 18.1 Å². The highest BCUT2D eigenvalue weighted by Crippen LogP contribution is 2.46. The minimum atomic E-state index is -4.97. The van der Waals surface area contributed by atoms with Gasteiger partial charge in [-0.15, -0.1) is 0 Å². The molecule has 132 valence electrons. The van der Waals surface area contributed by atoms with Gasteiger partial charge in [0, 0.05) is 24.2 Å². The molecule has 1 saturated heterocycles. The highest BCUT2D eigenvalue weighted by atomic mass is 35.5. The van der Waals surface area contributed by atoms with Crippen LogP contribution < -0.4 is 14.8 Å². The van der Waals surface area contributed by atoms with Gasteiger partial charge in [-0.25, -0.2) is 4.79 Å². The van der Waals surface area contributed by atoms with Crippen LogP contribution in [-0.2, 0) is 0 Å². The van der Waals surface area contributed by atoms with E-state index in [2.05, 4.69) is 0 Å². The van der Waals surface area contributed by atoms with Gasteiger partial charge in [0.05, 0.1) is 0 Å². The topological polar surface area (TPSA) is 50.8 Å². The Morgan fingerprint density at radius 2 is 1.75 bits per heavy atom. The number of fused-ring (bicyclic) bond motifs is 1. The number of hydrogen-bond acceptors (Lipinski definition) is 3. The molecule has 0 aliphatic carbocycles. The Morgan fingerprint density at radius 3 is 2.38 bits per heavy atom. The zero-order valence-corrected chi connectivity index (χ0v) is 13.4. The minimum absolute atomic E-state index is 0.132. The van der Waals surface area contributed by atoms with Crippen molar-refractivity contribution in [1.29, 1.82) is 0 Å². The molecular weight excluding hydrogens is 349 g/mol. The van der Waals surface area contributed by atoms with E-state index in [9.17, 15) is 18.0 Å². The second kappa shape index (κ2) is 6.23. The lowest BCUT2D eigenvalue weighted by Gasteiger charge is -2.32. The fourth-order valence-corrected chi connectivity index (χ4v) is 2.87. The summed E-state index contributed by atoms with van der Waals surface area (Å²) in [6.07, 6.45) is -1.57. The largest absolute Gasteiger partial charge is 0.492 e. The third-order valence-electron chi connectivity index (χ3n) is 3.95. The lowest BCUT2D eigenvalue weighted by atomic mass is 10.2. The predicted molar refractivity (Wildman–Crippen MR) is 80.1 cm³/mol. The molecule has 24 heavy (non-hydrogen) atoms. The number of hydrogen-bond donors (Lipinski definition) is 1. The van der Waals surface area contributed by atoms with E-state index < -0.39 is 18.1 Å². The molecule has 1 N–H and O–H groups in total. The van der Waals surface area contributed by atoms with E-state index in [-0.39, 0.29) is 16.5 Å². The Bertz CT molecular complexity index is 633. The summed E-state index contributed by atoms with van der Waals surface area (Å²) in [6, 6.07) is 2.99. The number of alkyl halides is 3. The van der Waals surface area contributed by atoms with Gasteiger partial charge in [0.2, 0.25) is 0 Å². The Hall–Kier alpha value is -1.83. The SMILES string of the molecule is O=C(NC1(C(F)(F)F)Oc2ccc(Cl)cc2O1)N1CCCCCC1. The monoisotopic (exact) mass is 364 g/mol. The second-order valence-corrected chi connectivity index (χ2v) is 6.18. The molecule has 9 heteroatoms. The average molecular weight is 365 g/mol. The molecule has 0 radical (unpaired) electrons. The van der Waals surface area contributed by atoms with Crippen LogP contribution in [0.3, 0.4) is 0 Å². The van der Waals surface area contributed by atoms with Crippen molar-refractivity contribution in [3.05, 3.63) is 23.2 Å². The minimum Gasteiger partial charge on any atom is -0.424 e. The quantitative estimate of drug-likeness (QED) is 0.822. The van der Waals surface area contributed by atoms with Crippen molar-refractivity contribution in [3.63, 3.8) is 0 Å². The standard InChI is InChI=1S/C15H16ClF3N2O3/c16-10-5-6-11-12(9-10)24-15(23-11,14(17,18)19)20-13(22)21-7-3-1-2-4-8-21/h5-6,9H,1-4,7-8H2,(H,20,22). The number of rotatable bonds is 1. The summed E-state index contributed by atoms with van der Waals surface area (Å²) in [5.74, 6) is -3.55. The highest BCUT2D eigenvalue weighted by Gasteiger charge is 2.66. The van der Waals surface area contributed by atoms with Crippen molar-refractivity contribution in [2.45, 2.75) is 37.8 Å². The summed E-state index contributed by atoms with van der Waals surface area (Å²) in [4.78, 5) is 13.7. The summed E-state index contributed by atoms with van der Waals surface area (Å²) in [7, 11) is 0. The van der Waals surface area contributed by atoms with Gasteiger partial charge in [-0.2, -0.15) is 13.2 Å². The molecule has 1 unspecified atom stereocenters. The number of nitrogens with zero attached hydrogens (tertiary/aromatic N) is 1. The number of benzene rings is 1. The van der Waals surface area contributed by atoms with Crippen molar-refractivity contribution in [2.24, 2.45) is 0 Å². The first-order valence-electron chi connectivity index (χ1n) is 7.62. The zero-order chi connectivity index (χ0) is 17.4. The first kappa shape index (κ1) is 17.0. The summed E-state index contributed by atoms with van der Waals surface area (Å²) in [6.45, 7) is 0.803. The van der Waals surface area contributed by atoms with Crippen molar-refractivity contribution >= 4 is 17.6 Å². The normalized spacial score (nSPS) is 23.8. The smallest absolute Gasteiger partial charge is 0.424 e. The molecule has 1 aromatic rings. The summed E-state index contributed by atoms with van der Waals surface area (Å²) in [5.41, 5.74) is 0. The average Bonchev–Trinajstić information content (AvgIpc) is 2.69. The van der Waals surface area contributed by atoms with Crippen LogP contribution in [0.1, 0.15) is 25.7 Å². The number of likely N-dealkylation sites (tertiary alicyclic amines) is 1. The van der Waals surface area contributed by atoms with Gasteiger partial charge in [-0.3, -0.25) is 5.32 Å². The van der Waals surface area contributed by atoms with E-state index in [0.717, 1.165) is 25.7 Å². The van der Waals surface area contributed by atoms with Crippen LogP contribution in [0.15, 0.2) is 18.2 Å². The zero-order valence-electron chi connectivity index (χ0n) is 12.7. The molecule has 3 rings (SSSR count). The number of amides is 2. The molecule has 1 aromatic carbocycles. The fourth-order valence-electron chi connectivity index (χ4n) is 2.71. The van der Waals surface area contributed by atoms with Gasteiger partial charge in [0.25, 0.3) is 0 Å². The molecule has 0 bridgehead atoms. The van der Waals surface area contributed by atoms with Crippen LogP contribution in [0.25, 0.3) is 0 Å². The lowest BCUT2D eigenvalue weighted by molar-refractivity contribution is -0.318. The Balaban J connectivity index is 1.82. The maximum Gasteiger partial charge on any atom is 0.492 e. The van der Waals surface area contributed by atoms with Gasteiger partial charge in [-0.1, -0.05) is 24.4 Å². The molecule has 5 nitrogen and oxygen atoms in total. The summed E-state index contributed by atoms with van der Waals surface area (Å²) < 4.78 is 50.6. The number of ether oxygens (including phenoxy) is 2. The number of urea groups is 1. The molecule has 1 fully saturated rings. The van der Waals surface area contributed by atoms with Gasteiger partial charge in [-0.05, 0) is 25.0 Å². The Morgan fingerprint density at radius 1 is 1.12 bits per heavy atom. The first-order chi connectivity index (χ1) is 11.3. The van der Waals surface area contributed by atoms with Crippen LogP contribution in [0.5, 0.6) is 11.5 Å². The van der Waals surface area contributed by atoms with Gasteiger partial charge in [0.15, 0.2) is 11.5 Å². The highest BCUT2D eigenvalue weighted by molar-refractivity contribution is 6.30. The molecule has 2 aliphatic heterocycles. The predicted octanol–water partition coefficient (Wildman–Crippen LogP) is 3.91. The van der Waals surface area contributed by atoms with E-state index in [4.69, 9.17) is 21.1 Å². The third-order valence-corrected chi connectivity index (χ3v) is 4.19. The fraction of sp³-hybridized carbons (Fsp3) is 0.533. The van der Waals surface area contributed by atoms with Crippen LogP contribution >= 0.6 is 11.6 Å². The number of carbonyl (C=O) groups is 1. The Labute approximate surface area is 141 Å². The number of nitrogens with one attached hydrogen (secondary N) is 1. The van der Waals surface area contributed by atoms with E-state index in [1.54, 1.807) is 0 Å². The molecule has 0 spiro atoms. The number of halogens is 4. The van der Waals surface area contributed by atoms with E-state index in [0.29, 0.717) is 13.1 Å². The van der Waals surface area contributed by atoms with E-state index in [1.165, 1.54) is 23.1 Å². The molecule has 0 aromatic heterocycles. The molecule has 1 atom stereocenters. The third kappa shape index (κ3) is 3.19. The summed E-state index contributed by atoms with van der Waals surface area (Å²) in [5, 5.41) is 2.07. The first-order valence-corrected chi connectivity index (χ1v) is 8.00. The Kier molecular flexibility index (Phi) is 4.42. The van der Waals surface area contributed by atoms with Gasteiger partial charge in [0.1, 0.15) is 0 Å². The van der Waals surface area contributed by atoms with Crippen molar-refractivity contribution < 1.29 is 27.4 Å². The van der Waals surface area contributed by atoms with Crippen LogP contribution in [0.4, 0.5) is 18.0 Å². The van der Waals surface area contributed by atoms with Crippen molar-refractivity contribution in [3.8, 4) is 11.5 Å². The number of carbonyl (C=O) groups excluding carboxylic acids is 1. The molecule has 2 aliphatic rings. The van der Waals surface area contributed by atoms with Crippen molar-refractivity contribution in [2.75, 3.05) is 13.1 Å². The maximum atomic E-state index is 13.6. The van der Waals surface area contributed by atoms with Crippen LogP contribution in [0, 0.1) is 0 Å². The molecule has 2 heterocycles. The van der Waals surface area contributed by atoms with Crippen LogP contribution in [0.2, 0.25) is 5.02 Å². The van der Waals surface area contributed by atoms with E-state index in [1.807, 2.05) is 5.32 Å². The lowest BCUT2D eigenvalue weighted by Crippen LogP contribution is -2.66.